The summed E-state index contributed by atoms with van der Waals surface area (Å²) in [5, 5.41) is 0. The highest BCUT2D eigenvalue weighted by atomic mass is 19.4. The molecule has 3 rings (SSSR count). The molecule has 2 heterocycles. The number of ether oxygens (including phenoxy) is 1. The second kappa shape index (κ2) is 9.33. The van der Waals surface area contributed by atoms with Crippen molar-refractivity contribution in [1.82, 2.24) is 9.80 Å². The first-order chi connectivity index (χ1) is 14.8. The van der Waals surface area contributed by atoms with Gasteiger partial charge in [0.05, 0.1) is 5.56 Å². The summed E-state index contributed by atoms with van der Waals surface area (Å²) in [6.45, 7) is 12.2. The van der Waals surface area contributed by atoms with Crippen LogP contribution in [0.4, 0.5) is 23.7 Å². The molecule has 0 bridgehead atoms. The number of carbonyl (C=O) groups is 1. The molecule has 2 aliphatic rings. The third-order valence-corrected chi connectivity index (χ3v) is 6.06. The molecule has 32 heavy (non-hydrogen) atoms. The Balaban J connectivity index is 1.70. The topological polar surface area (TPSA) is 36.0 Å². The third-order valence-electron chi connectivity index (χ3n) is 6.06. The van der Waals surface area contributed by atoms with Crippen molar-refractivity contribution >= 4 is 11.8 Å². The van der Waals surface area contributed by atoms with E-state index in [0.29, 0.717) is 30.9 Å². The van der Waals surface area contributed by atoms with Gasteiger partial charge in [0.1, 0.15) is 5.60 Å². The Labute approximate surface area is 188 Å². The second-order valence-corrected chi connectivity index (χ2v) is 9.80. The Kier molecular flexibility index (Phi) is 7.12. The molecule has 1 amide bonds. The number of anilines is 1. The number of halogens is 3. The first kappa shape index (κ1) is 24.4. The summed E-state index contributed by atoms with van der Waals surface area (Å²) >= 11 is 0. The number of hydrogen-bond acceptors (Lipinski definition) is 4. The molecule has 0 spiro atoms. The zero-order chi connectivity index (χ0) is 23.7. The van der Waals surface area contributed by atoms with Gasteiger partial charge < -0.3 is 9.64 Å². The maximum Gasteiger partial charge on any atom is 0.416 e. The van der Waals surface area contributed by atoms with E-state index in [0.717, 1.165) is 37.9 Å². The molecule has 178 valence electrons. The highest BCUT2D eigenvalue weighted by Gasteiger charge is 2.33. The van der Waals surface area contributed by atoms with Crippen molar-refractivity contribution < 1.29 is 22.7 Å². The van der Waals surface area contributed by atoms with Crippen molar-refractivity contribution in [3.8, 4) is 0 Å². The Morgan fingerprint density at radius 3 is 2.41 bits per heavy atom. The maximum absolute atomic E-state index is 13.3. The van der Waals surface area contributed by atoms with E-state index in [1.807, 2.05) is 27.8 Å². The van der Waals surface area contributed by atoms with Crippen LogP contribution in [0.2, 0.25) is 0 Å². The Morgan fingerprint density at radius 1 is 1.19 bits per heavy atom. The van der Waals surface area contributed by atoms with Crippen LogP contribution >= 0.6 is 0 Å². The van der Waals surface area contributed by atoms with Crippen molar-refractivity contribution in [2.75, 3.05) is 31.6 Å². The molecule has 8 heteroatoms. The Bertz CT molecular complexity index is 842. The van der Waals surface area contributed by atoms with Crippen LogP contribution in [0.1, 0.15) is 57.6 Å². The van der Waals surface area contributed by atoms with Crippen molar-refractivity contribution in [2.45, 2.75) is 70.8 Å². The predicted molar refractivity (Wildman–Crippen MR) is 119 cm³/mol. The molecule has 2 aliphatic heterocycles. The molecule has 5 nitrogen and oxygen atoms in total. The van der Waals surface area contributed by atoms with Gasteiger partial charge in [0.2, 0.25) is 0 Å². The fourth-order valence-electron chi connectivity index (χ4n) is 4.36. The van der Waals surface area contributed by atoms with Crippen LogP contribution in [-0.4, -0.2) is 54.2 Å². The van der Waals surface area contributed by atoms with Crippen LogP contribution in [0.5, 0.6) is 0 Å². The first-order valence-electron chi connectivity index (χ1n) is 11.2. The number of carbonyl (C=O) groups excluding carboxylic acids is 1. The fourth-order valence-corrected chi connectivity index (χ4v) is 4.36. The number of benzene rings is 1. The summed E-state index contributed by atoms with van der Waals surface area (Å²) in [6.07, 6.45) is -1.40. The predicted octanol–water partition coefficient (Wildman–Crippen LogP) is 5.65. The smallest absolute Gasteiger partial charge is 0.416 e. The van der Waals surface area contributed by atoms with Gasteiger partial charge in [0.15, 0.2) is 0 Å². The Morgan fingerprint density at radius 2 is 1.84 bits per heavy atom. The standard InChI is InChI=1S/C24H34F3N3O2/c1-17-14-20(10-13-30(17)22(31)32-23(2,3)4)28(5)16-18-8-9-19(24(25,26)27)15-21(18)29-11-6-7-12-29/h8-9,15,20H,1,6-7,10-14,16H2,2-5H3. The van der Waals surface area contributed by atoms with Gasteiger partial charge in [-0.15, -0.1) is 0 Å². The zero-order valence-corrected chi connectivity index (χ0v) is 19.5. The minimum Gasteiger partial charge on any atom is -0.443 e. The third kappa shape index (κ3) is 5.97. The van der Waals surface area contributed by atoms with Crippen molar-refractivity contribution in [2.24, 2.45) is 0 Å². The average molecular weight is 454 g/mol. The SMILES string of the molecule is C=C1CC(N(C)Cc2ccc(C(F)(F)F)cc2N2CCCC2)CCN1C(=O)OC(C)(C)C. The van der Waals surface area contributed by atoms with E-state index in [2.05, 4.69) is 16.4 Å². The molecule has 2 saturated heterocycles. The summed E-state index contributed by atoms with van der Waals surface area (Å²) in [7, 11) is 1.98. The van der Waals surface area contributed by atoms with Crippen molar-refractivity contribution in [3.63, 3.8) is 0 Å². The van der Waals surface area contributed by atoms with Gasteiger partial charge in [-0.3, -0.25) is 9.80 Å². The maximum atomic E-state index is 13.3. The van der Waals surface area contributed by atoms with Crippen molar-refractivity contribution in [1.29, 1.82) is 0 Å². The highest BCUT2D eigenvalue weighted by Crippen LogP contribution is 2.36. The van der Waals surface area contributed by atoms with Crippen LogP contribution in [-0.2, 0) is 17.5 Å². The molecule has 0 aliphatic carbocycles. The second-order valence-electron chi connectivity index (χ2n) is 9.80. The quantitative estimate of drug-likeness (QED) is 0.590. The van der Waals surface area contributed by atoms with Crippen LogP contribution in [0.3, 0.4) is 0 Å². The number of likely N-dealkylation sites (tertiary alicyclic amines) is 1. The average Bonchev–Trinajstić information content (AvgIpc) is 3.20. The van der Waals surface area contributed by atoms with E-state index in [1.165, 1.54) is 12.1 Å². The van der Waals surface area contributed by atoms with Crippen LogP contribution in [0.15, 0.2) is 30.5 Å². The van der Waals surface area contributed by atoms with Gasteiger partial charge in [0.25, 0.3) is 0 Å². The number of alkyl halides is 3. The lowest BCUT2D eigenvalue weighted by Crippen LogP contribution is -2.45. The molecule has 1 unspecified atom stereocenters. The lowest BCUT2D eigenvalue weighted by atomic mass is 10.00. The Hall–Kier alpha value is -2.22. The van der Waals surface area contributed by atoms with E-state index in [1.54, 1.807) is 11.0 Å². The largest absolute Gasteiger partial charge is 0.443 e. The minimum atomic E-state index is -4.36. The summed E-state index contributed by atoms with van der Waals surface area (Å²) in [4.78, 5) is 18.2. The van der Waals surface area contributed by atoms with E-state index >= 15 is 0 Å². The van der Waals surface area contributed by atoms with Gasteiger partial charge in [0, 0.05) is 50.0 Å². The molecular weight excluding hydrogens is 419 g/mol. The number of nitrogens with zero attached hydrogens (tertiary/aromatic N) is 3. The molecular formula is C24H34F3N3O2. The normalized spacial score (nSPS) is 20.2. The fraction of sp³-hybridized carbons (Fsp3) is 0.625. The minimum absolute atomic E-state index is 0.148. The van der Waals surface area contributed by atoms with E-state index in [4.69, 9.17) is 4.74 Å². The van der Waals surface area contributed by atoms with Crippen LogP contribution < -0.4 is 4.90 Å². The summed E-state index contributed by atoms with van der Waals surface area (Å²) in [5.74, 6) is 0. The van der Waals surface area contributed by atoms with Crippen LogP contribution in [0, 0.1) is 0 Å². The molecule has 0 aromatic heterocycles. The molecule has 2 fully saturated rings. The summed E-state index contributed by atoms with van der Waals surface area (Å²) in [6, 6.07) is 4.22. The van der Waals surface area contributed by atoms with Gasteiger partial charge in [-0.1, -0.05) is 12.6 Å². The zero-order valence-electron chi connectivity index (χ0n) is 19.5. The molecule has 1 aromatic carbocycles. The molecule has 1 atom stereocenters. The summed E-state index contributed by atoms with van der Waals surface area (Å²) in [5.41, 5.74) is 1.09. The van der Waals surface area contributed by atoms with E-state index in [9.17, 15) is 18.0 Å². The molecule has 0 radical (unpaired) electrons. The van der Waals surface area contributed by atoms with Gasteiger partial charge in [-0.05, 0) is 64.8 Å². The van der Waals surface area contributed by atoms with Crippen LogP contribution in [0.25, 0.3) is 0 Å². The van der Waals surface area contributed by atoms with Gasteiger partial charge >= 0.3 is 12.3 Å². The molecule has 1 aromatic rings. The van der Waals surface area contributed by atoms with E-state index < -0.39 is 17.3 Å². The number of amides is 1. The lowest BCUT2D eigenvalue weighted by Gasteiger charge is -2.39. The van der Waals surface area contributed by atoms with Gasteiger partial charge in [-0.2, -0.15) is 13.2 Å². The lowest BCUT2D eigenvalue weighted by molar-refractivity contribution is -0.137. The van der Waals surface area contributed by atoms with E-state index in [-0.39, 0.29) is 12.1 Å². The monoisotopic (exact) mass is 453 g/mol. The number of hydrogen-bond donors (Lipinski definition) is 0. The number of rotatable bonds is 4. The molecule has 0 N–H and O–H groups in total. The van der Waals surface area contributed by atoms with Crippen molar-refractivity contribution in [3.05, 3.63) is 41.6 Å². The summed E-state index contributed by atoms with van der Waals surface area (Å²) < 4.78 is 45.4. The molecule has 0 saturated carbocycles. The first-order valence-corrected chi connectivity index (χ1v) is 11.2. The highest BCUT2D eigenvalue weighted by molar-refractivity contribution is 5.70. The number of piperidine rings is 1. The van der Waals surface area contributed by atoms with Gasteiger partial charge in [-0.25, -0.2) is 4.79 Å².